The van der Waals surface area contributed by atoms with E-state index in [1.54, 1.807) is 0 Å². The van der Waals surface area contributed by atoms with Crippen molar-refractivity contribution in [3.63, 3.8) is 0 Å². The lowest BCUT2D eigenvalue weighted by molar-refractivity contribution is 0.303. The summed E-state index contributed by atoms with van der Waals surface area (Å²) in [6.07, 6.45) is 2.82. The Morgan fingerprint density at radius 2 is 1.95 bits per heavy atom. The molecule has 3 nitrogen and oxygen atoms in total. The Morgan fingerprint density at radius 1 is 1.16 bits per heavy atom. The van der Waals surface area contributed by atoms with Gasteiger partial charge in [-0.3, -0.25) is 0 Å². The van der Waals surface area contributed by atoms with E-state index in [1.807, 2.05) is 30.3 Å². The largest absolute Gasteiger partial charge is 0.490 e. The summed E-state index contributed by atoms with van der Waals surface area (Å²) in [7, 11) is 0. The minimum Gasteiger partial charge on any atom is -0.490 e. The standard InChI is InChI=1S/C16H18N2O/c1-2-17-16-5-3-4-15(18-16)12-6-8-13(9-7-12)19-14-10-11-14/h3-9,14H,2,10-11H2,1H3,(H,17,18). The molecule has 3 rings (SSSR count). The number of hydrogen-bond acceptors (Lipinski definition) is 3. The quantitative estimate of drug-likeness (QED) is 0.883. The van der Waals surface area contributed by atoms with Gasteiger partial charge in [0.15, 0.2) is 0 Å². The van der Waals surface area contributed by atoms with Gasteiger partial charge >= 0.3 is 0 Å². The van der Waals surface area contributed by atoms with Crippen molar-refractivity contribution < 1.29 is 4.74 Å². The first kappa shape index (κ1) is 12.0. The van der Waals surface area contributed by atoms with E-state index in [-0.39, 0.29) is 0 Å². The fourth-order valence-electron chi connectivity index (χ4n) is 1.96. The number of pyridine rings is 1. The molecule has 2 aromatic rings. The van der Waals surface area contributed by atoms with E-state index in [0.29, 0.717) is 6.10 Å². The van der Waals surface area contributed by atoms with Crippen LogP contribution < -0.4 is 10.1 Å². The minimum atomic E-state index is 0.445. The molecule has 1 saturated carbocycles. The number of benzene rings is 1. The zero-order valence-corrected chi connectivity index (χ0v) is 11.1. The Kier molecular flexibility index (Phi) is 3.36. The van der Waals surface area contributed by atoms with Crippen molar-refractivity contribution in [3.05, 3.63) is 42.5 Å². The molecule has 19 heavy (non-hydrogen) atoms. The van der Waals surface area contributed by atoms with Crippen LogP contribution in [0.3, 0.4) is 0 Å². The molecule has 0 radical (unpaired) electrons. The number of hydrogen-bond donors (Lipinski definition) is 1. The Bertz CT molecular complexity index is 547. The molecule has 1 fully saturated rings. The normalized spacial score (nSPS) is 14.2. The average molecular weight is 254 g/mol. The van der Waals surface area contributed by atoms with Crippen molar-refractivity contribution in [2.45, 2.75) is 25.9 Å². The van der Waals surface area contributed by atoms with Crippen LogP contribution in [0.5, 0.6) is 5.75 Å². The predicted molar refractivity (Wildman–Crippen MR) is 77.5 cm³/mol. The van der Waals surface area contributed by atoms with Crippen LogP contribution in [0.2, 0.25) is 0 Å². The Morgan fingerprint density at radius 3 is 2.63 bits per heavy atom. The average Bonchev–Trinajstić information content (AvgIpc) is 3.24. The lowest BCUT2D eigenvalue weighted by Gasteiger charge is -2.07. The van der Waals surface area contributed by atoms with Gasteiger partial charge in [0.05, 0.1) is 11.8 Å². The summed E-state index contributed by atoms with van der Waals surface area (Å²) in [6.45, 7) is 2.95. The molecule has 0 atom stereocenters. The van der Waals surface area contributed by atoms with Crippen LogP contribution in [0.25, 0.3) is 11.3 Å². The summed E-state index contributed by atoms with van der Waals surface area (Å²) in [4.78, 5) is 4.58. The fourth-order valence-corrected chi connectivity index (χ4v) is 1.96. The van der Waals surface area contributed by atoms with Gasteiger partial charge in [-0.25, -0.2) is 4.98 Å². The van der Waals surface area contributed by atoms with Gasteiger partial charge in [-0.1, -0.05) is 6.07 Å². The van der Waals surface area contributed by atoms with E-state index >= 15 is 0 Å². The van der Waals surface area contributed by atoms with Gasteiger partial charge in [-0.15, -0.1) is 0 Å². The lowest BCUT2D eigenvalue weighted by Crippen LogP contribution is -1.99. The fraction of sp³-hybridized carbons (Fsp3) is 0.312. The molecule has 1 heterocycles. The number of nitrogens with one attached hydrogen (secondary N) is 1. The maximum atomic E-state index is 5.75. The SMILES string of the molecule is CCNc1cccc(-c2ccc(OC3CC3)cc2)n1. The van der Waals surface area contributed by atoms with Gasteiger partial charge < -0.3 is 10.1 Å². The molecular formula is C16H18N2O. The molecule has 0 bridgehead atoms. The van der Waals surface area contributed by atoms with Crippen LogP contribution in [0.1, 0.15) is 19.8 Å². The highest BCUT2D eigenvalue weighted by atomic mass is 16.5. The van der Waals surface area contributed by atoms with Crippen molar-refractivity contribution in [2.75, 3.05) is 11.9 Å². The monoisotopic (exact) mass is 254 g/mol. The zero-order valence-electron chi connectivity index (χ0n) is 11.1. The molecule has 1 N–H and O–H groups in total. The van der Waals surface area contributed by atoms with E-state index in [9.17, 15) is 0 Å². The van der Waals surface area contributed by atoms with Crippen molar-refractivity contribution in [1.82, 2.24) is 4.98 Å². The van der Waals surface area contributed by atoms with Gasteiger partial charge in [-0.2, -0.15) is 0 Å². The van der Waals surface area contributed by atoms with Gasteiger partial charge in [-0.05, 0) is 56.2 Å². The Labute approximate surface area is 113 Å². The molecule has 98 valence electrons. The van der Waals surface area contributed by atoms with Crippen LogP contribution in [0, 0.1) is 0 Å². The summed E-state index contributed by atoms with van der Waals surface area (Å²) < 4.78 is 5.75. The van der Waals surface area contributed by atoms with Crippen molar-refractivity contribution in [1.29, 1.82) is 0 Å². The molecule has 1 aliphatic carbocycles. The van der Waals surface area contributed by atoms with Gasteiger partial charge in [0, 0.05) is 12.1 Å². The summed E-state index contributed by atoms with van der Waals surface area (Å²) in [5.41, 5.74) is 2.10. The topological polar surface area (TPSA) is 34.1 Å². The second-order valence-electron chi connectivity index (χ2n) is 4.78. The number of rotatable bonds is 5. The number of ether oxygens (including phenoxy) is 1. The Hall–Kier alpha value is -2.03. The summed E-state index contributed by atoms with van der Waals surface area (Å²) in [5, 5.41) is 3.23. The molecule has 0 unspecified atom stereocenters. The van der Waals surface area contributed by atoms with E-state index in [0.717, 1.165) is 29.4 Å². The molecule has 0 spiro atoms. The molecule has 3 heteroatoms. The number of anilines is 1. The third-order valence-corrected chi connectivity index (χ3v) is 3.08. The molecule has 1 aromatic heterocycles. The smallest absolute Gasteiger partial charge is 0.126 e. The van der Waals surface area contributed by atoms with Gasteiger partial charge in [0.2, 0.25) is 0 Å². The third kappa shape index (κ3) is 3.05. The summed E-state index contributed by atoms with van der Waals surface area (Å²) in [5.74, 6) is 1.87. The van der Waals surface area contributed by atoms with E-state index in [4.69, 9.17) is 4.74 Å². The first-order valence-corrected chi connectivity index (χ1v) is 6.83. The van der Waals surface area contributed by atoms with Crippen molar-refractivity contribution >= 4 is 5.82 Å². The lowest BCUT2D eigenvalue weighted by atomic mass is 10.1. The molecular weight excluding hydrogens is 236 g/mol. The van der Waals surface area contributed by atoms with Crippen molar-refractivity contribution in [2.24, 2.45) is 0 Å². The van der Waals surface area contributed by atoms with Crippen LogP contribution in [0.4, 0.5) is 5.82 Å². The predicted octanol–water partition coefficient (Wildman–Crippen LogP) is 3.72. The summed E-state index contributed by atoms with van der Waals surface area (Å²) >= 11 is 0. The summed E-state index contributed by atoms with van der Waals surface area (Å²) in [6, 6.07) is 14.2. The van der Waals surface area contributed by atoms with E-state index < -0.39 is 0 Å². The highest BCUT2D eigenvalue weighted by Crippen LogP contribution is 2.28. The van der Waals surface area contributed by atoms with Crippen molar-refractivity contribution in [3.8, 4) is 17.0 Å². The second kappa shape index (κ2) is 5.31. The van der Waals surface area contributed by atoms with Gasteiger partial charge in [0.1, 0.15) is 11.6 Å². The zero-order chi connectivity index (χ0) is 13.1. The molecule has 0 aliphatic heterocycles. The number of nitrogens with zero attached hydrogens (tertiary/aromatic N) is 1. The molecule has 0 amide bonds. The first-order chi connectivity index (χ1) is 9.35. The third-order valence-electron chi connectivity index (χ3n) is 3.08. The van der Waals surface area contributed by atoms with Gasteiger partial charge in [0.25, 0.3) is 0 Å². The van der Waals surface area contributed by atoms with E-state index in [2.05, 4.69) is 29.4 Å². The van der Waals surface area contributed by atoms with Crippen LogP contribution in [-0.4, -0.2) is 17.6 Å². The highest BCUT2D eigenvalue weighted by molar-refractivity contribution is 5.62. The van der Waals surface area contributed by atoms with Crippen LogP contribution in [0.15, 0.2) is 42.5 Å². The molecule has 1 aromatic carbocycles. The number of aromatic nitrogens is 1. The van der Waals surface area contributed by atoms with Crippen LogP contribution >= 0.6 is 0 Å². The van der Waals surface area contributed by atoms with E-state index in [1.165, 1.54) is 12.8 Å². The highest BCUT2D eigenvalue weighted by Gasteiger charge is 2.23. The maximum absolute atomic E-state index is 5.75. The maximum Gasteiger partial charge on any atom is 0.126 e. The molecule has 0 saturated heterocycles. The minimum absolute atomic E-state index is 0.445. The second-order valence-corrected chi connectivity index (χ2v) is 4.78. The van der Waals surface area contributed by atoms with Crippen LogP contribution in [-0.2, 0) is 0 Å². The first-order valence-electron chi connectivity index (χ1n) is 6.83. The molecule has 1 aliphatic rings. The Balaban J connectivity index is 1.78.